The predicted octanol–water partition coefficient (Wildman–Crippen LogP) is 3.03. The molecular formula is C21H16N4O3S. The van der Waals surface area contributed by atoms with Gasteiger partial charge in [0.2, 0.25) is 0 Å². The number of thiazole rings is 1. The van der Waals surface area contributed by atoms with Crippen molar-refractivity contribution >= 4 is 33.9 Å². The Morgan fingerprint density at radius 2 is 1.66 bits per heavy atom. The topological polar surface area (TPSA) is 104 Å². The van der Waals surface area contributed by atoms with Crippen molar-refractivity contribution < 1.29 is 9.59 Å². The SMILES string of the molecule is Cc1nc(-c2ccccc2)sc1C(=O)NNC(=O)c1cc2ccccc2c(=O)[nH]1. The van der Waals surface area contributed by atoms with Crippen LogP contribution in [-0.2, 0) is 0 Å². The molecule has 29 heavy (non-hydrogen) atoms. The first-order valence-corrected chi connectivity index (χ1v) is 9.60. The fourth-order valence-corrected chi connectivity index (χ4v) is 3.85. The first-order chi connectivity index (χ1) is 14.0. The Balaban J connectivity index is 1.49. The van der Waals surface area contributed by atoms with E-state index in [-0.39, 0.29) is 11.3 Å². The van der Waals surface area contributed by atoms with Crippen LogP contribution < -0.4 is 16.4 Å². The number of pyridine rings is 1. The highest BCUT2D eigenvalue weighted by molar-refractivity contribution is 7.17. The Morgan fingerprint density at radius 3 is 2.45 bits per heavy atom. The van der Waals surface area contributed by atoms with Crippen LogP contribution in [0, 0.1) is 6.92 Å². The van der Waals surface area contributed by atoms with Crippen molar-refractivity contribution in [2.45, 2.75) is 6.92 Å². The monoisotopic (exact) mass is 404 g/mol. The quantitative estimate of drug-likeness (QED) is 0.457. The lowest BCUT2D eigenvalue weighted by molar-refractivity contribution is 0.0845. The normalized spacial score (nSPS) is 10.7. The van der Waals surface area contributed by atoms with E-state index in [0.717, 1.165) is 10.6 Å². The molecule has 3 N–H and O–H groups in total. The van der Waals surface area contributed by atoms with E-state index in [1.54, 1.807) is 37.3 Å². The first kappa shape index (κ1) is 18.6. The van der Waals surface area contributed by atoms with Crippen molar-refractivity contribution in [2.24, 2.45) is 0 Å². The molecule has 0 spiro atoms. The molecule has 2 amide bonds. The van der Waals surface area contributed by atoms with Gasteiger partial charge in [0.1, 0.15) is 15.6 Å². The molecule has 0 unspecified atom stereocenters. The summed E-state index contributed by atoms with van der Waals surface area (Å²) in [7, 11) is 0. The Kier molecular flexibility index (Phi) is 4.92. The number of nitrogens with one attached hydrogen (secondary N) is 3. The van der Waals surface area contributed by atoms with E-state index in [1.165, 1.54) is 11.3 Å². The van der Waals surface area contributed by atoms with Gasteiger partial charge in [0.05, 0.1) is 5.69 Å². The summed E-state index contributed by atoms with van der Waals surface area (Å²) in [6.07, 6.45) is 0. The van der Waals surface area contributed by atoms with Crippen LogP contribution in [0.5, 0.6) is 0 Å². The van der Waals surface area contributed by atoms with Crippen LogP contribution in [0.25, 0.3) is 21.3 Å². The molecule has 2 aromatic carbocycles. The molecule has 0 aliphatic carbocycles. The minimum Gasteiger partial charge on any atom is -0.317 e. The van der Waals surface area contributed by atoms with Gasteiger partial charge in [-0.1, -0.05) is 48.5 Å². The van der Waals surface area contributed by atoms with E-state index in [9.17, 15) is 14.4 Å². The number of carbonyl (C=O) groups is 2. The van der Waals surface area contributed by atoms with Crippen molar-refractivity contribution in [3.63, 3.8) is 0 Å². The van der Waals surface area contributed by atoms with E-state index < -0.39 is 11.8 Å². The largest absolute Gasteiger partial charge is 0.317 e. The van der Waals surface area contributed by atoms with Crippen LogP contribution in [0.1, 0.15) is 25.9 Å². The number of benzene rings is 2. The van der Waals surface area contributed by atoms with Gasteiger partial charge in [0.25, 0.3) is 17.4 Å². The molecule has 0 bridgehead atoms. The number of aromatic amines is 1. The van der Waals surface area contributed by atoms with Gasteiger partial charge in [-0.3, -0.25) is 25.2 Å². The maximum atomic E-state index is 12.5. The molecule has 0 aliphatic rings. The van der Waals surface area contributed by atoms with Gasteiger partial charge in [0.15, 0.2) is 0 Å². The third kappa shape index (κ3) is 3.78. The van der Waals surface area contributed by atoms with Gasteiger partial charge in [-0.05, 0) is 24.4 Å². The molecule has 8 heteroatoms. The van der Waals surface area contributed by atoms with E-state index in [1.807, 2.05) is 30.3 Å². The molecule has 7 nitrogen and oxygen atoms in total. The number of aromatic nitrogens is 2. The molecule has 0 atom stereocenters. The number of carbonyl (C=O) groups excluding carboxylic acids is 2. The lowest BCUT2D eigenvalue weighted by Gasteiger charge is -2.07. The molecule has 2 aromatic heterocycles. The number of hydrogen-bond acceptors (Lipinski definition) is 5. The van der Waals surface area contributed by atoms with Crippen molar-refractivity contribution in [2.75, 3.05) is 0 Å². The van der Waals surface area contributed by atoms with Gasteiger partial charge < -0.3 is 4.98 Å². The van der Waals surface area contributed by atoms with Gasteiger partial charge in [-0.2, -0.15) is 0 Å². The fourth-order valence-electron chi connectivity index (χ4n) is 2.88. The van der Waals surface area contributed by atoms with Gasteiger partial charge in [-0.25, -0.2) is 4.98 Å². The van der Waals surface area contributed by atoms with Crippen molar-refractivity contribution in [1.82, 2.24) is 20.8 Å². The predicted molar refractivity (Wildman–Crippen MR) is 112 cm³/mol. The molecule has 0 fully saturated rings. The standard InChI is InChI=1S/C21H16N4O3S/c1-12-17(29-21(22-12)13-7-3-2-4-8-13)20(28)25-24-19(27)16-11-14-9-5-6-10-15(14)18(26)23-16/h2-11H,1H3,(H,23,26)(H,24,27)(H,25,28). The number of amides is 2. The number of aryl methyl sites for hydroxylation is 1. The molecular weight excluding hydrogens is 388 g/mol. The zero-order valence-electron chi connectivity index (χ0n) is 15.4. The van der Waals surface area contributed by atoms with Crippen molar-refractivity contribution in [3.05, 3.63) is 87.3 Å². The zero-order chi connectivity index (χ0) is 20.4. The molecule has 0 saturated heterocycles. The summed E-state index contributed by atoms with van der Waals surface area (Å²) in [6.45, 7) is 1.74. The second-order valence-corrected chi connectivity index (χ2v) is 7.31. The van der Waals surface area contributed by atoms with Gasteiger partial charge >= 0.3 is 0 Å². The minimum atomic E-state index is -0.619. The van der Waals surface area contributed by atoms with E-state index >= 15 is 0 Å². The molecule has 4 aromatic rings. The zero-order valence-corrected chi connectivity index (χ0v) is 16.2. The van der Waals surface area contributed by atoms with Crippen molar-refractivity contribution in [3.8, 4) is 10.6 Å². The molecule has 4 rings (SSSR count). The summed E-state index contributed by atoms with van der Waals surface area (Å²) in [6, 6.07) is 18.0. The summed E-state index contributed by atoms with van der Waals surface area (Å²) in [5.41, 5.74) is 5.88. The van der Waals surface area contributed by atoms with Crippen LogP contribution >= 0.6 is 11.3 Å². The summed E-state index contributed by atoms with van der Waals surface area (Å²) in [4.78, 5) is 44.3. The van der Waals surface area contributed by atoms with Crippen LogP contribution in [0.2, 0.25) is 0 Å². The van der Waals surface area contributed by atoms with Crippen LogP contribution in [0.4, 0.5) is 0 Å². The smallest absolute Gasteiger partial charge is 0.286 e. The highest BCUT2D eigenvalue weighted by Crippen LogP contribution is 2.27. The number of nitrogens with zero attached hydrogens (tertiary/aromatic N) is 1. The first-order valence-electron chi connectivity index (χ1n) is 8.78. The average Bonchev–Trinajstić information content (AvgIpc) is 3.14. The maximum absolute atomic E-state index is 12.5. The second kappa shape index (κ2) is 7.69. The van der Waals surface area contributed by atoms with Crippen LogP contribution in [-0.4, -0.2) is 21.8 Å². The highest BCUT2D eigenvalue weighted by atomic mass is 32.1. The Labute approximate surface area is 169 Å². The van der Waals surface area contributed by atoms with E-state index in [0.29, 0.717) is 21.3 Å². The lowest BCUT2D eigenvalue weighted by atomic mass is 10.1. The number of hydrogen-bond donors (Lipinski definition) is 3. The average molecular weight is 404 g/mol. The third-order valence-corrected chi connectivity index (χ3v) is 5.52. The fraction of sp³-hybridized carbons (Fsp3) is 0.0476. The van der Waals surface area contributed by atoms with E-state index in [4.69, 9.17) is 0 Å². The van der Waals surface area contributed by atoms with Crippen molar-refractivity contribution in [1.29, 1.82) is 0 Å². The third-order valence-electron chi connectivity index (χ3n) is 4.31. The van der Waals surface area contributed by atoms with Gasteiger partial charge in [0, 0.05) is 10.9 Å². The highest BCUT2D eigenvalue weighted by Gasteiger charge is 2.17. The summed E-state index contributed by atoms with van der Waals surface area (Å²) < 4.78 is 0. The second-order valence-electron chi connectivity index (χ2n) is 6.31. The molecule has 0 radical (unpaired) electrons. The summed E-state index contributed by atoms with van der Waals surface area (Å²) >= 11 is 1.24. The number of fused-ring (bicyclic) bond motifs is 1. The maximum Gasteiger partial charge on any atom is 0.286 e. The Morgan fingerprint density at radius 1 is 0.966 bits per heavy atom. The van der Waals surface area contributed by atoms with Crippen LogP contribution in [0.3, 0.4) is 0 Å². The van der Waals surface area contributed by atoms with Crippen LogP contribution in [0.15, 0.2) is 65.5 Å². The number of H-pyrrole nitrogens is 1. The number of hydrazine groups is 1. The lowest BCUT2D eigenvalue weighted by Crippen LogP contribution is -2.42. The molecule has 2 heterocycles. The number of rotatable bonds is 3. The Bertz CT molecular complexity index is 1280. The molecule has 144 valence electrons. The summed E-state index contributed by atoms with van der Waals surface area (Å²) in [5.74, 6) is -1.09. The summed E-state index contributed by atoms with van der Waals surface area (Å²) in [5, 5.41) is 1.85. The molecule has 0 aliphatic heterocycles. The van der Waals surface area contributed by atoms with Gasteiger partial charge in [-0.15, -0.1) is 11.3 Å². The Hall–Kier alpha value is -3.78. The minimum absolute atomic E-state index is 0.0556. The van der Waals surface area contributed by atoms with E-state index in [2.05, 4.69) is 20.8 Å². The molecule has 0 saturated carbocycles.